The van der Waals surface area contributed by atoms with Gasteiger partial charge in [-0.05, 0) is 37.0 Å². The molecule has 2 saturated heterocycles. The van der Waals surface area contributed by atoms with Gasteiger partial charge in [-0.3, -0.25) is 9.78 Å². The average Bonchev–Trinajstić information content (AvgIpc) is 2.67. The molecule has 2 fully saturated rings. The summed E-state index contributed by atoms with van der Waals surface area (Å²) in [6.45, 7) is 4.10. The van der Waals surface area contributed by atoms with E-state index in [0.29, 0.717) is 17.4 Å². The van der Waals surface area contributed by atoms with Crippen LogP contribution in [-0.4, -0.2) is 48.6 Å². The SMILES string of the molecule is O=C(Cc1cc(-c2cccc(NCC3CCOCC3)n2)c(Cl)cn1)C1CNC1. The molecule has 2 aromatic rings. The predicted molar refractivity (Wildman–Crippen MR) is 110 cm³/mol. The van der Waals surface area contributed by atoms with E-state index >= 15 is 0 Å². The van der Waals surface area contributed by atoms with Gasteiger partial charge in [0.05, 0.1) is 10.7 Å². The van der Waals surface area contributed by atoms with Crippen molar-refractivity contribution >= 4 is 23.2 Å². The maximum absolute atomic E-state index is 12.3. The van der Waals surface area contributed by atoms with Gasteiger partial charge in [0.2, 0.25) is 0 Å². The molecular formula is C21H25ClN4O2. The van der Waals surface area contributed by atoms with E-state index in [9.17, 15) is 4.79 Å². The number of pyridine rings is 2. The number of nitrogens with zero attached hydrogens (tertiary/aromatic N) is 2. The van der Waals surface area contributed by atoms with E-state index in [0.717, 1.165) is 68.5 Å². The zero-order valence-electron chi connectivity index (χ0n) is 15.8. The van der Waals surface area contributed by atoms with Gasteiger partial charge < -0.3 is 15.4 Å². The third-order valence-corrected chi connectivity index (χ3v) is 5.74. The molecule has 0 amide bonds. The number of nitrogens with one attached hydrogen (secondary N) is 2. The Hall–Kier alpha value is -2.02. The Morgan fingerprint density at radius 3 is 2.86 bits per heavy atom. The molecule has 0 spiro atoms. The zero-order valence-corrected chi connectivity index (χ0v) is 16.5. The number of carbonyl (C=O) groups is 1. The van der Waals surface area contributed by atoms with E-state index < -0.39 is 0 Å². The van der Waals surface area contributed by atoms with Crippen molar-refractivity contribution in [1.82, 2.24) is 15.3 Å². The predicted octanol–water partition coefficient (Wildman–Crippen LogP) is 2.97. The van der Waals surface area contributed by atoms with Gasteiger partial charge in [-0.25, -0.2) is 4.98 Å². The van der Waals surface area contributed by atoms with Crippen molar-refractivity contribution in [2.24, 2.45) is 11.8 Å². The van der Waals surface area contributed by atoms with Gasteiger partial charge >= 0.3 is 0 Å². The van der Waals surface area contributed by atoms with Crippen molar-refractivity contribution in [3.8, 4) is 11.3 Å². The molecule has 4 heterocycles. The largest absolute Gasteiger partial charge is 0.381 e. The van der Waals surface area contributed by atoms with E-state index in [2.05, 4.69) is 15.6 Å². The lowest BCUT2D eigenvalue weighted by atomic mass is 9.94. The summed E-state index contributed by atoms with van der Waals surface area (Å²) in [5.74, 6) is 1.77. The second kappa shape index (κ2) is 8.99. The van der Waals surface area contributed by atoms with Crippen molar-refractivity contribution in [3.63, 3.8) is 0 Å². The first kappa shape index (κ1) is 19.3. The number of halogens is 1. The Bertz CT molecular complexity index is 835. The van der Waals surface area contributed by atoms with E-state index in [4.69, 9.17) is 21.3 Å². The van der Waals surface area contributed by atoms with Crippen LogP contribution in [0.4, 0.5) is 5.82 Å². The number of anilines is 1. The summed E-state index contributed by atoms with van der Waals surface area (Å²) in [5, 5.41) is 7.10. The Labute approximate surface area is 170 Å². The van der Waals surface area contributed by atoms with Gasteiger partial charge in [-0.2, -0.15) is 0 Å². The van der Waals surface area contributed by atoms with Crippen LogP contribution < -0.4 is 10.6 Å². The maximum atomic E-state index is 12.3. The first-order valence-electron chi connectivity index (χ1n) is 9.86. The lowest BCUT2D eigenvalue weighted by Gasteiger charge is -2.25. The molecular weight excluding hydrogens is 376 g/mol. The molecule has 6 nitrogen and oxygen atoms in total. The molecule has 2 aliphatic heterocycles. The van der Waals surface area contributed by atoms with Crippen LogP contribution in [0, 0.1) is 11.8 Å². The van der Waals surface area contributed by atoms with Gasteiger partial charge in [-0.15, -0.1) is 0 Å². The van der Waals surface area contributed by atoms with Crippen molar-refractivity contribution in [1.29, 1.82) is 0 Å². The Morgan fingerprint density at radius 2 is 2.11 bits per heavy atom. The van der Waals surface area contributed by atoms with Crippen molar-refractivity contribution in [3.05, 3.63) is 41.2 Å². The van der Waals surface area contributed by atoms with Crippen LogP contribution in [-0.2, 0) is 16.0 Å². The quantitative estimate of drug-likeness (QED) is 0.744. The first-order valence-corrected chi connectivity index (χ1v) is 10.2. The summed E-state index contributed by atoms with van der Waals surface area (Å²) in [7, 11) is 0. The summed E-state index contributed by atoms with van der Waals surface area (Å²) in [4.78, 5) is 21.3. The molecule has 2 aliphatic rings. The third kappa shape index (κ3) is 4.69. The van der Waals surface area contributed by atoms with Crippen LogP contribution in [0.15, 0.2) is 30.5 Å². The third-order valence-electron chi connectivity index (χ3n) is 5.44. The van der Waals surface area contributed by atoms with E-state index in [1.54, 1.807) is 6.20 Å². The highest BCUT2D eigenvalue weighted by atomic mass is 35.5. The number of rotatable bonds is 7. The van der Waals surface area contributed by atoms with Gasteiger partial charge in [0.1, 0.15) is 11.6 Å². The van der Waals surface area contributed by atoms with Gasteiger partial charge in [0, 0.05) is 62.6 Å². The van der Waals surface area contributed by atoms with Gasteiger partial charge in [-0.1, -0.05) is 17.7 Å². The summed E-state index contributed by atoms with van der Waals surface area (Å²) >= 11 is 6.39. The number of aromatic nitrogens is 2. The van der Waals surface area contributed by atoms with Crippen LogP contribution in [0.5, 0.6) is 0 Å². The number of ketones is 1. The highest BCUT2D eigenvalue weighted by molar-refractivity contribution is 6.33. The average molecular weight is 401 g/mol. The van der Waals surface area contributed by atoms with Crippen LogP contribution in [0.25, 0.3) is 11.3 Å². The molecule has 0 radical (unpaired) electrons. The molecule has 0 atom stereocenters. The number of ether oxygens (including phenoxy) is 1. The van der Waals surface area contributed by atoms with E-state index in [1.807, 2.05) is 24.3 Å². The lowest BCUT2D eigenvalue weighted by Crippen LogP contribution is -2.47. The fourth-order valence-electron chi connectivity index (χ4n) is 3.50. The Morgan fingerprint density at radius 1 is 1.29 bits per heavy atom. The van der Waals surface area contributed by atoms with Crippen molar-refractivity contribution < 1.29 is 9.53 Å². The molecule has 148 valence electrons. The molecule has 0 saturated carbocycles. The summed E-state index contributed by atoms with van der Waals surface area (Å²) in [6.07, 6.45) is 4.11. The minimum atomic E-state index is 0.108. The van der Waals surface area contributed by atoms with Crippen LogP contribution >= 0.6 is 11.6 Å². The molecule has 0 bridgehead atoms. The molecule has 0 unspecified atom stereocenters. The molecule has 7 heteroatoms. The molecule has 0 aliphatic carbocycles. The van der Waals surface area contributed by atoms with Crippen LogP contribution in [0.1, 0.15) is 18.5 Å². The molecule has 4 rings (SSSR count). The summed E-state index contributed by atoms with van der Waals surface area (Å²) in [5.41, 5.74) is 2.32. The highest BCUT2D eigenvalue weighted by Crippen LogP contribution is 2.28. The topological polar surface area (TPSA) is 76.1 Å². The monoisotopic (exact) mass is 400 g/mol. The lowest BCUT2D eigenvalue weighted by molar-refractivity contribution is -0.123. The minimum absolute atomic E-state index is 0.108. The number of Topliss-reactive ketones (excluding diaryl/α,β-unsaturated/α-hetero) is 1. The van der Waals surface area contributed by atoms with Gasteiger partial charge in [0.15, 0.2) is 0 Å². The summed E-state index contributed by atoms with van der Waals surface area (Å²) < 4.78 is 5.41. The second-order valence-electron chi connectivity index (χ2n) is 7.50. The van der Waals surface area contributed by atoms with Crippen LogP contribution in [0.2, 0.25) is 5.02 Å². The molecule has 2 aromatic heterocycles. The van der Waals surface area contributed by atoms with E-state index in [1.165, 1.54) is 0 Å². The normalized spacial score (nSPS) is 17.9. The Kier molecular flexibility index (Phi) is 6.20. The Balaban J connectivity index is 1.46. The zero-order chi connectivity index (χ0) is 19.3. The first-order chi connectivity index (χ1) is 13.7. The fourth-order valence-corrected chi connectivity index (χ4v) is 3.70. The van der Waals surface area contributed by atoms with Crippen molar-refractivity contribution in [2.45, 2.75) is 19.3 Å². The van der Waals surface area contributed by atoms with Crippen molar-refractivity contribution in [2.75, 3.05) is 38.2 Å². The minimum Gasteiger partial charge on any atom is -0.381 e. The fraction of sp³-hybridized carbons (Fsp3) is 0.476. The smallest absolute Gasteiger partial charge is 0.144 e. The molecule has 28 heavy (non-hydrogen) atoms. The van der Waals surface area contributed by atoms with Gasteiger partial charge in [0.25, 0.3) is 0 Å². The standard InChI is InChI=1S/C21H25ClN4O2/c22-18-13-24-16(9-20(27)15-11-23-12-15)8-17(18)19-2-1-3-21(26-19)25-10-14-4-6-28-7-5-14/h1-3,8,13-15,23H,4-7,9-12H2,(H,25,26). The second-order valence-corrected chi connectivity index (χ2v) is 7.91. The summed E-state index contributed by atoms with van der Waals surface area (Å²) in [6, 6.07) is 7.75. The number of hydrogen-bond acceptors (Lipinski definition) is 6. The van der Waals surface area contributed by atoms with E-state index in [-0.39, 0.29) is 11.7 Å². The number of hydrogen-bond donors (Lipinski definition) is 2. The highest BCUT2D eigenvalue weighted by Gasteiger charge is 2.25. The molecule has 0 aromatic carbocycles. The molecule has 2 N–H and O–H groups in total. The number of carbonyl (C=O) groups excluding carboxylic acids is 1. The van der Waals surface area contributed by atoms with Crippen LogP contribution in [0.3, 0.4) is 0 Å². The maximum Gasteiger partial charge on any atom is 0.144 e.